The topological polar surface area (TPSA) is 81.2 Å². The summed E-state index contributed by atoms with van der Waals surface area (Å²) in [7, 11) is 1.31. The number of benzene rings is 1. The molecule has 0 aliphatic heterocycles. The van der Waals surface area contributed by atoms with Crippen LogP contribution in [0.15, 0.2) is 42.7 Å². The van der Waals surface area contributed by atoms with Gasteiger partial charge in [0.05, 0.1) is 19.1 Å². The summed E-state index contributed by atoms with van der Waals surface area (Å²) < 4.78 is 4.56. The number of hydrogen-bond acceptors (Lipinski definition) is 5. The Bertz CT molecular complexity index is 641. The molecule has 114 valence electrons. The van der Waals surface area contributed by atoms with Crippen molar-refractivity contribution in [3.63, 3.8) is 0 Å². The van der Waals surface area contributed by atoms with E-state index in [2.05, 4.69) is 20.0 Å². The maximum absolute atomic E-state index is 12.0. The Hall–Kier alpha value is -2.76. The van der Waals surface area contributed by atoms with Gasteiger partial charge in [-0.1, -0.05) is 30.3 Å². The molecule has 0 saturated heterocycles. The highest BCUT2D eigenvalue weighted by molar-refractivity contribution is 5.94. The molecule has 22 heavy (non-hydrogen) atoms. The first kappa shape index (κ1) is 15.6. The molecule has 0 aliphatic rings. The second kappa shape index (κ2) is 7.31. The smallest absolute Gasteiger partial charge is 0.307 e. The monoisotopic (exact) mass is 299 g/mol. The van der Waals surface area contributed by atoms with Crippen LogP contribution in [0.4, 0.5) is 0 Å². The summed E-state index contributed by atoms with van der Waals surface area (Å²) in [5.74, 6) is -0.140. The van der Waals surface area contributed by atoms with E-state index in [0.29, 0.717) is 11.4 Å². The standard InChI is InChI=1S/C16H17N3O3/c1-11(8-14(20)22-2)19-16(21)13-9-17-15(18-10-13)12-6-4-3-5-7-12/h3-7,9-11H,8H2,1-2H3,(H,19,21)/t11-/m1/s1. The molecule has 0 spiro atoms. The third-order valence-electron chi connectivity index (χ3n) is 3.02. The molecule has 1 amide bonds. The van der Waals surface area contributed by atoms with E-state index in [9.17, 15) is 9.59 Å². The minimum atomic E-state index is -0.372. The highest BCUT2D eigenvalue weighted by Crippen LogP contribution is 2.13. The van der Waals surface area contributed by atoms with Gasteiger partial charge in [-0.25, -0.2) is 9.97 Å². The fraction of sp³-hybridized carbons (Fsp3) is 0.250. The lowest BCUT2D eigenvalue weighted by molar-refractivity contribution is -0.141. The van der Waals surface area contributed by atoms with E-state index in [0.717, 1.165) is 5.56 Å². The maximum Gasteiger partial charge on any atom is 0.307 e. The Balaban J connectivity index is 2.01. The van der Waals surface area contributed by atoms with Crippen molar-refractivity contribution in [2.75, 3.05) is 7.11 Å². The average molecular weight is 299 g/mol. The van der Waals surface area contributed by atoms with Gasteiger partial charge in [-0.2, -0.15) is 0 Å². The molecule has 0 radical (unpaired) electrons. The van der Waals surface area contributed by atoms with Gasteiger partial charge in [0.1, 0.15) is 0 Å². The molecule has 1 aromatic heterocycles. The Labute approximate surface area is 128 Å². The molecule has 6 nitrogen and oxygen atoms in total. The van der Waals surface area contributed by atoms with Crippen molar-refractivity contribution in [3.05, 3.63) is 48.3 Å². The largest absolute Gasteiger partial charge is 0.469 e. The fourth-order valence-electron chi connectivity index (χ4n) is 1.87. The van der Waals surface area contributed by atoms with Gasteiger partial charge in [0.2, 0.25) is 0 Å². The second-order valence-corrected chi connectivity index (χ2v) is 4.82. The van der Waals surface area contributed by atoms with Gasteiger partial charge in [0.15, 0.2) is 5.82 Å². The van der Waals surface area contributed by atoms with E-state index in [1.807, 2.05) is 30.3 Å². The van der Waals surface area contributed by atoms with Gasteiger partial charge < -0.3 is 10.1 Å². The molecule has 1 heterocycles. The first-order valence-corrected chi connectivity index (χ1v) is 6.85. The summed E-state index contributed by atoms with van der Waals surface area (Å²) in [6.45, 7) is 1.73. The van der Waals surface area contributed by atoms with E-state index >= 15 is 0 Å². The van der Waals surface area contributed by atoms with E-state index in [1.54, 1.807) is 6.92 Å². The minimum absolute atomic E-state index is 0.116. The number of nitrogens with zero attached hydrogens (tertiary/aromatic N) is 2. The van der Waals surface area contributed by atoms with Crippen molar-refractivity contribution in [3.8, 4) is 11.4 Å². The molecule has 0 bridgehead atoms. The number of rotatable bonds is 5. The fourth-order valence-corrected chi connectivity index (χ4v) is 1.87. The molecule has 2 rings (SSSR count). The highest BCUT2D eigenvalue weighted by atomic mass is 16.5. The van der Waals surface area contributed by atoms with Crippen LogP contribution in [0.25, 0.3) is 11.4 Å². The Morgan fingerprint density at radius 2 is 1.82 bits per heavy atom. The predicted molar refractivity (Wildman–Crippen MR) is 81.0 cm³/mol. The zero-order valence-electron chi connectivity index (χ0n) is 12.4. The number of amides is 1. The Kier molecular flexibility index (Phi) is 5.19. The van der Waals surface area contributed by atoms with Crippen molar-refractivity contribution in [1.29, 1.82) is 0 Å². The van der Waals surface area contributed by atoms with Crippen molar-refractivity contribution >= 4 is 11.9 Å². The molecule has 1 aromatic carbocycles. The number of nitrogens with one attached hydrogen (secondary N) is 1. The van der Waals surface area contributed by atoms with Crippen LogP contribution in [-0.4, -0.2) is 35.0 Å². The van der Waals surface area contributed by atoms with Crippen LogP contribution < -0.4 is 5.32 Å². The lowest BCUT2D eigenvalue weighted by Gasteiger charge is -2.12. The Morgan fingerprint density at radius 1 is 1.18 bits per heavy atom. The lowest BCUT2D eigenvalue weighted by atomic mass is 10.2. The van der Waals surface area contributed by atoms with Gasteiger partial charge in [-0.15, -0.1) is 0 Å². The van der Waals surface area contributed by atoms with Gasteiger partial charge in [-0.05, 0) is 6.92 Å². The van der Waals surface area contributed by atoms with Crippen LogP contribution in [0.1, 0.15) is 23.7 Å². The molecule has 0 saturated carbocycles. The van der Waals surface area contributed by atoms with E-state index in [4.69, 9.17) is 0 Å². The number of esters is 1. The normalized spacial score (nSPS) is 11.5. The molecular weight excluding hydrogens is 282 g/mol. The van der Waals surface area contributed by atoms with Crippen LogP contribution in [0, 0.1) is 0 Å². The minimum Gasteiger partial charge on any atom is -0.469 e. The molecule has 6 heteroatoms. The predicted octanol–water partition coefficient (Wildman–Crippen LogP) is 1.82. The quantitative estimate of drug-likeness (QED) is 0.852. The second-order valence-electron chi connectivity index (χ2n) is 4.82. The van der Waals surface area contributed by atoms with E-state index < -0.39 is 0 Å². The first-order valence-electron chi connectivity index (χ1n) is 6.85. The van der Waals surface area contributed by atoms with Crippen molar-refractivity contribution in [2.45, 2.75) is 19.4 Å². The average Bonchev–Trinajstić information content (AvgIpc) is 2.55. The van der Waals surface area contributed by atoms with Gasteiger partial charge in [0.25, 0.3) is 5.91 Å². The Morgan fingerprint density at radius 3 is 2.41 bits per heavy atom. The van der Waals surface area contributed by atoms with Crippen LogP contribution in [0.3, 0.4) is 0 Å². The van der Waals surface area contributed by atoms with Crippen LogP contribution in [0.5, 0.6) is 0 Å². The van der Waals surface area contributed by atoms with Crippen molar-refractivity contribution in [2.24, 2.45) is 0 Å². The maximum atomic E-state index is 12.0. The zero-order chi connectivity index (χ0) is 15.9. The number of hydrogen-bond donors (Lipinski definition) is 1. The van der Waals surface area contributed by atoms with E-state index in [-0.39, 0.29) is 24.3 Å². The van der Waals surface area contributed by atoms with Gasteiger partial charge in [0, 0.05) is 24.0 Å². The third kappa shape index (κ3) is 4.12. The number of carbonyl (C=O) groups excluding carboxylic acids is 2. The number of carbonyl (C=O) groups is 2. The molecule has 1 atom stereocenters. The molecular formula is C16H17N3O3. The SMILES string of the molecule is COC(=O)C[C@@H](C)NC(=O)c1cnc(-c2ccccc2)nc1. The van der Waals surface area contributed by atoms with Crippen LogP contribution in [0.2, 0.25) is 0 Å². The number of methoxy groups -OCH3 is 1. The summed E-state index contributed by atoms with van der Waals surface area (Å²) in [6, 6.07) is 9.17. The van der Waals surface area contributed by atoms with Crippen LogP contribution >= 0.6 is 0 Å². The van der Waals surface area contributed by atoms with Gasteiger partial charge >= 0.3 is 5.97 Å². The van der Waals surface area contributed by atoms with Crippen LogP contribution in [-0.2, 0) is 9.53 Å². The molecule has 1 N–H and O–H groups in total. The summed E-state index contributed by atoms with van der Waals surface area (Å²) in [4.78, 5) is 31.6. The van der Waals surface area contributed by atoms with Gasteiger partial charge in [-0.3, -0.25) is 9.59 Å². The summed E-state index contributed by atoms with van der Waals surface area (Å²) >= 11 is 0. The molecule has 0 fully saturated rings. The van der Waals surface area contributed by atoms with E-state index in [1.165, 1.54) is 19.5 Å². The number of ether oxygens (including phenoxy) is 1. The summed E-state index contributed by atoms with van der Waals surface area (Å²) in [6.07, 6.45) is 3.05. The lowest BCUT2D eigenvalue weighted by Crippen LogP contribution is -2.34. The van der Waals surface area contributed by atoms with Crippen molar-refractivity contribution in [1.82, 2.24) is 15.3 Å². The van der Waals surface area contributed by atoms with Crippen molar-refractivity contribution < 1.29 is 14.3 Å². The summed E-state index contributed by atoms with van der Waals surface area (Å²) in [5, 5.41) is 2.70. The molecule has 0 unspecified atom stereocenters. The third-order valence-corrected chi connectivity index (χ3v) is 3.02. The number of aromatic nitrogens is 2. The molecule has 0 aliphatic carbocycles. The zero-order valence-corrected chi connectivity index (χ0v) is 12.4. The summed E-state index contributed by atoms with van der Waals surface area (Å²) in [5.41, 5.74) is 1.23. The highest BCUT2D eigenvalue weighted by Gasteiger charge is 2.14. The molecule has 2 aromatic rings. The first-order chi connectivity index (χ1) is 10.6.